The Morgan fingerprint density at radius 1 is 1.33 bits per heavy atom. The van der Waals surface area contributed by atoms with Crippen LogP contribution in [0.4, 0.5) is 4.79 Å². The first-order valence-electron chi connectivity index (χ1n) is 4.79. The number of carbonyl (C=O) groups is 2. The van der Waals surface area contributed by atoms with E-state index in [1.54, 1.807) is 0 Å². The second-order valence-electron chi connectivity index (χ2n) is 3.05. The molecule has 0 rings (SSSR count). The number of carbonyl (C=O) groups excluding carboxylic acids is 1. The van der Waals surface area contributed by atoms with Crippen molar-refractivity contribution in [2.75, 3.05) is 7.11 Å². The Hall–Kier alpha value is -1.30. The SMILES string of the molecule is CCC(CC)C(ONC(=O)OC)C(=O)O. The summed E-state index contributed by atoms with van der Waals surface area (Å²) in [5, 5.41) is 8.87. The van der Waals surface area contributed by atoms with E-state index in [4.69, 9.17) is 9.94 Å². The van der Waals surface area contributed by atoms with Gasteiger partial charge in [0.1, 0.15) is 0 Å². The van der Waals surface area contributed by atoms with Crippen molar-refractivity contribution in [3.8, 4) is 0 Å². The van der Waals surface area contributed by atoms with Crippen molar-refractivity contribution in [3.63, 3.8) is 0 Å². The summed E-state index contributed by atoms with van der Waals surface area (Å²) in [6.07, 6.45) is -0.529. The minimum atomic E-state index is -1.10. The van der Waals surface area contributed by atoms with E-state index in [1.807, 2.05) is 19.3 Å². The Balaban J connectivity index is 4.27. The van der Waals surface area contributed by atoms with E-state index in [0.29, 0.717) is 12.8 Å². The topological polar surface area (TPSA) is 84.9 Å². The van der Waals surface area contributed by atoms with E-state index in [0.717, 1.165) is 0 Å². The smallest absolute Gasteiger partial charge is 0.431 e. The molecule has 15 heavy (non-hydrogen) atoms. The first-order valence-corrected chi connectivity index (χ1v) is 4.79. The number of hydroxylamine groups is 1. The number of methoxy groups -OCH3 is 1. The second kappa shape index (κ2) is 7.05. The van der Waals surface area contributed by atoms with Crippen LogP contribution in [0.5, 0.6) is 0 Å². The van der Waals surface area contributed by atoms with Crippen LogP contribution in [0.3, 0.4) is 0 Å². The van der Waals surface area contributed by atoms with E-state index in [1.165, 1.54) is 7.11 Å². The largest absolute Gasteiger partial charge is 0.479 e. The van der Waals surface area contributed by atoms with Crippen LogP contribution < -0.4 is 5.48 Å². The van der Waals surface area contributed by atoms with Gasteiger partial charge in [-0.1, -0.05) is 26.7 Å². The lowest BCUT2D eigenvalue weighted by molar-refractivity contribution is -0.159. The summed E-state index contributed by atoms with van der Waals surface area (Å²) in [7, 11) is 1.17. The zero-order chi connectivity index (χ0) is 11.8. The molecule has 0 heterocycles. The fourth-order valence-corrected chi connectivity index (χ4v) is 1.22. The number of ether oxygens (including phenoxy) is 1. The number of nitrogens with one attached hydrogen (secondary N) is 1. The lowest BCUT2D eigenvalue weighted by atomic mass is 9.97. The highest BCUT2D eigenvalue weighted by molar-refractivity contribution is 5.73. The van der Waals surface area contributed by atoms with Crippen LogP contribution in [0.15, 0.2) is 0 Å². The number of carboxylic acids is 1. The predicted molar refractivity (Wildman–Crippen MR) is 52.1 cm³/mol. The van der Waals surface area contributed by atoms with Crippen molar-refractivity contribution in [3.05, 3.63) is 0 Å². The van der Waals surface area contributed by atoms with E-state index in [9.17, 15) is 9.59 Å². The minimum Gasteiger partial charge on any atom is -0.479 e. The molecule has 0 aromatic heterocycles. The molecule has 1 atom stereocenters. The van der Waals surface area contributed by atoms with Gasteiger partial charge in [-0.2, -0.15) is 5.48 Å². The number of amides is 1. The zero-order valence-electron chi connectivity index (χ0n) is 9.15. The fraction of sp³-hybridized carbons (Fsp3) is 0.778. The maximum absolute atomic E-state index is 10.8. The summed E-state index contributed by atoms with van der Waals surface area (Å²) in [5.74, 6) is -1.24. The Morgan fingerprint density at radius 2 is 1.87 bits per heavy atom. The van der Waals surface area contributed by atoms with Gasteiger partial charge in [-0.15, -0.1) is 0 Å². The normalized spacial score (nSPS) is 12.3. The molecule has 0 aliphatic rings. The lowest BCUT2D eigenvalue weighted by Crippen LogP contribution is -2.39. The van der Waals surface area contributed by atoms with Crippen LogP contribution >= 0.6 is 0 Å². The van der Waals surface area contributed by atoms with Crippen LogP contribution in [0.25, 0.3) is 0 Å². The van der Waals surface area contributed by atoms with Crippen LogP contribution in [0.2, 0.25) is 0 Å². The number of aliphatic carboxylic acids is 1. The second-order valence-corrected chi connectivity index (χ2v) is 3.05. The van der Waals surface area contributed by atoms with Gasteiger partial charge in [0.15, 0.2) is 6.10 Å². The molecule has 0 aliphatic carbocycles. The Morgan fingerprint density at radius 3 is 2.20 bits per heavy atom. The van der Waals surface area contributed by atoms with E-state index in [-0.39, 0.29) is 5.92 Å². The average molecular weight is 219 g/mol. The molecule has 0 saturated carbocycles. The molecule has 1 unspecified atom stereocenters. The maximum atomic E-state index is 10.8. The van der Waals surface area contributed by atoms with Gasteiger partial charge in [0.05, 0.1) is 7.11 Å². The van der Waals surface area contributed by atoms with E-state index >= 15 is 0 Å². The van der Waals surface area contributed by atoms with Crippen LogP contribution in [0, 0.1) is 5.92 Å². The molecule has 1 amide bonds. The third-order valence-corrected chi connectivity index (χ3v) is 2.17. The van der Waals surface area contributed by atoms with Crippen LogP contribution in [-0.2, 0) is 14.4 Å². The summed E-state index contributed by atoms with van der Waals surface area (Å²) >= 11 is 0. The molecule has 0 saturated heterocycles. The Bertz CT molecular complexity index is 215. The first kappa shape index (κ1) is 13.7. The van der Waals surface area contributed by atoms with Crippen molar-refractivity contribution in [2.45, 2.75) is 32.8 Å². The molecule has 0 aromatic rings. The Kier molecular flexibility index (Phi) is 6.44. The predicted octanol–water partition coefficient (Wildman–Crippen LogP) is 1.16. The molecule has 0 aliphatic heterocycles. The van der Waals surface area contributed by atoms with E-state index in [2.05, 4.69) is 4.74 Å². The van der Waals surface area contributed by atoms with Crippen molar-refractivity contribution < 1.29 is 24.3 Å². The molecule has 0 bridgehead atoms. The summed E-state index contributed by atoms with van der Waals surface area (Å²) in [4.78, 5) is 26.3. The summed E-state index contributed by atoms with van der Waals surface area (Å²) in [6, 6.07) is 0. The van der Waals surface area contributed by atoms with Gasteiger partial charge >= 0.3 is 12.1 Å². The molecular weight excluding hydrogens is 202 g/mol. The molecule has 2 N–H and O–H groups in total. The van der Waals surface area contributed by atoms with Crippen molar-refractivity contribution in [1.82, 2.24) is 5.48 Å². The van der Waals surface area contributed by atoms with Crippen LogP contribution in [0.1, 0.15) is 26.7 Å². The summed E-state index contributed by atoms with van der Waals surface area (Å²) < 4.78 is 4.26. The van der Waals surface area contributed by atoms with Gasteiger partial charge in [0.25, 0.3) is 0 Å². The van der Waals surface area contributed by atoms with Gasteiger partial charge in [0.2, 0.25) is 0 Å². The molecule has 0 radical (unpaired) electrons. The number of rotatable bonds is 6. The van der Waals surface area contributed by atoms with Gasteiger partial charge in [-0.25, -0.2) is 9.59 Å². The molecular formula is C9H17NO5. The summed E-state index contributed by atoms with van der Waals surface area (Å²) in [5.41, 5.74) is 1.92. The van der Waals surface area contributed by atoms with Crippen molar-refractivity contribution in [2.24, 2.45) is 5.92 Å². The first-order chi connectivity index (χ1) is 7.06. The number of carboxylic acid groups (broad SMARTS) is 1. The number of hydrogen-bond donors (Lipinski definition) is 2. The maximum Gasteiger partial charge on any atom is 0.431 e. The third-order valence-electron chi connectivity index (χ3n) is 2.17. The van der Waals surface area contributed by atoms with Gasteiger partial charge < -0.3 is 9.84 Å². The van der Waals surface area contributed by atoms with Crippen molar-refractivity contribution >= 4 is 12.1 Å². The van der Waals surface area contributed by atoms with E-state index < -0.39 is 18.2 Å². The van der Waals surface area contributed by atoms with Crippen molar-refractivity contribution in [1.29, 1.82) is 0 Å². The quantitative estimate of drug-likeness (QED) is 0.655. The highest BCUT2D eigenvalue weighted by atomic mass is 16.7. The number of hydrogen-bond acceptors (Lipinski definition) is 4. The monoisotopic (exact) mass is 219 g/mol. The Labute approximate surface area is 88.5 Å². The molecule has 6 nitrogen and oxygen atoms in total. The lowest BCUT2D eigenvalue weighted by Gasteiger charge is -2.20. The third kappa shape index (κ3) is 4.64. The summed E-state index contributed by atoms with van der Waals surface area (Å²) in [6.45, 7) is 3.73. The van der Waals surface area contributed by atoms with Gasteiger partial charge in [0, 0.05) is 0 Å². The molecule has 0 aromatic carbocycles. The minimum absolute atomic E-state index is 0.139. The van der Waals surface area contributed by atoms with Gasteiger partial charge in [-0.3, -0.25) is 4.84 Å². The average Bonchev–Trinajstić information content (AvgIpc) is 2.23. The highest BCUT2D eigenvalue weighted by Crippen LogP contribution is 2.15. The molecule has 0 fully saturated rings. The molecule has 6 heteroatoms. The highest BCUT2D eigenvalue weighted by Gasteiger charge is 2.27. The standard InChI is InChI=1S/C9H17NO5/c1-4-6(5-2)7(8(11)12)15-10-9(13)14-3/h6-7H,4-5H2,1-3H3,(H,10,13)(H,11,12). The fourth-order valence-electron chi connectivity index (χ4n) is 1.22. The molecule has 0 spiro atoms. The van der Waals surface area contributed by atoms with Gasteiger partial charge in [-0.05, 0) is 5.92 Å². The molecule has 88 valence electrons. The van der Waals surface area contributed by atoms with Crippen LogP contribution in [-0.4, -0.2) is 30.4 Å². The zero-order valence-corrected chi connectivity index (χ0v) is 9.15.